The Morgan fingerprint density at radius 3 is 2.94 bits per heavy atom. The lowest BCUT2D eigenvalue weighted by molar-refractivity contribution is -0.192. The fourth-order valence-corrected chi connectivity index (χ4v) is 2.36. The largest absolute Gasteiger partial charge is 0.472 e. The van der Waals surface area contributed by atoms with Gasteiger partial charge in [0.05, 0.1) is 31.3 Å². The van der Waals surface area contributed by atoms with Gasteiger partial charge >= 0.3 is 11.9 Å². The van der Waals surface area contributed by atoms with Crippen molar-refractivity contribution in [3.05, 3.63) is 11.8 Å². The molecule has 4 unspecified atom stereocenters. The molecule has 0 aromatic carbocycles. The average molecular weight is 242 g/mol. The molecule has 17 heavy (non-hydrogen) atoms. The molecule has 2 aliphatic rings. The topological polar surface area (TPSA) is 82.1 Å². The van der Waals surface area contributed by atoms with Crippen LogP contribution in [0, 0.1) is 11.8 Å². The Morgan fingerprint density at radius 1 is 1.59 bits per heavy atom. The molecule has 2 rings (SSSR count). The highest BCUT2D eigenvalue weighted by molar-refractivity contribution is 5.90. The van der Waals surface area contributed by atoms with E-state index in [1.54, 1.807) is 6.92 Å². The lowest BCUT2D eigenvalue weighted by Crippen LogP contribution is -2.48. The van der Waals surface area contributed by atoms with E-state index in [0.717, 1.165) is 0 Å². The summed E-state index contributed by atoms with van der Waals surface area (Å²) < 4.78 is 14.6. The minimum atomic E-state index is -1.07. The first-order chi connectivity index (χ1) is 8.04. The standard InChI is InChI=1S/C11H14O6/c1-5-9-6(3-8(12)17-5)7(10(13)15-2)4-16-11(9)14/h4-6,9,11,14H,3H2,1-2H3. The maximum atomic E-state index is 11.5. The van der Waals surface area contributed by atoms with Crippen molar-refractivity contribution in [2.75, 3.05) is 7.11 Å². The van der Waals surface area contributed by atoms with Crippen LogP contribution in [0.3, 0.4) is 0 Å². The maximum Gasteiger partial charge on any atom is 0.337 e. The van der Waals surface area contributed by atoms with Gasteiger partial charge in [-0.2, -0.15) is 0 Å². The number of aliphatic hydroxyl groups is 1. The first-order valence-corrected chi connectivity index (χ1v) is 5.36. The summed E-state index contributed by atoms with van der Waals surface area (Å²) in [6.45, 7) is 1.67. The molecule has 1 fully saturated rings. The summed E-state index contributed by atoms with van der Waals surface area (Å²) in [6.07, 6.45) is -0.347. The molecular formula is C11H14O6. The van der Waals surface area contributed by atoms with Gasteiger partial charge in [0.15, 0.2) is 0 Å². The predicted octanol–water partition coefficient (Wildman–Crippen LogP) is -0.0403. The Labute approximate surface area is 98.1 Å². The van der Waals surface area contributed by atoms with Gasteiger partial charge in [-0.1, -0.05) is 0 Å². The Kier molecular flexibility index (Phi) is 3.06. The molecule has 4 atom stereocenters. The monoisotopic (exact) mass is 242 g/mol. The molecule has 0 aromatic rings. The van der Waals surface area contributed by atoms with E-state index in [-0.39, 0.29) is 18.0 Å². The molecule has 0 radical (unpaired) electrons. The number of hydrogen-bond donors (Lipinski definition) is 1. The van der Waals surface area contributed by atoms with Gasteiger partial charge in [0.25, 0.3) is 0 Å². The quantitative estimate of drug-likeness (QED) is 0.650. The third-order valence-electron chi connectivity index (χ3n) is 3.19. The minimum absolute atomic E-state index is 0.0519. The normalized spacial score (nSPS) is 36.2. The molecule has 1 N–H and O–H groups in total. The van der Waals surface area contributed by atoms with Crippen molar-refractivity contribution < 1.29 is 28.9 Å². The average Bonchev–Trinajstić information content (AvgIpc) is 2.27. The van der Waals surface area contributed by atoms with Crippen LogP contribution in [0.5, 0.6) is 0 Å². The van der Waals surface area contributed by atoms with Crippen LogP contribution >= 0.6 is 0 Å². The first kappa shape index (κ1) is 11.9. The summed E-state index contributed by atoms with van der Waals surface area (Å²) in [5.41, 5.74) is 0.270. The first-order valence-electron chi connectivity index (χ1n) is 5.36. The van der Waals surface area contributed by atoms with Crippen LogP contribution in [0.15, 0.2) is 11.8 Å². The van der Waals surface area contributed by atoms with E-state index in [0.29, 0.717) is 0 Å². The molecule has 0 aromatic heterocycles. The van der Waals surface area contributed by atoms with Crippen molar-refractivity contribution in [1.29, 1.82) is 0 Å². The van der Waals surface area contributed by atoms with Crippen LogP contribution in [-0.2, 0) is 23.8 Å². The number of methoxy groups -OCH3 is 1. The Balaban J connectivity index is 2.31. The lowest BCUT2D eigenvalue weighted by Gasteiger charge is -2.40. The highest BCUT2D eigenvalue weighted by atomic mass is 16.6. The number of cyclic esters (lactones) is 1. The molecule has 1 saturated heterocycles. The van der Waals surface area contributed by atoms with E-state index >= 15 is 0 Å². The van der Waals surface area contributed by atoms with Gasteiger partial charge in [0.2, 0.25) is 6.29 Å². The fraction of sp³-hybridized carbons (Fsp3) is 0.636. The van der Waals surface area contributed by atoms with Crippen LogP contribution in [0.1, 0.15) is 13.3 Å². The summed E-state index contributed by atoms with van der Waals surface area (Å²) in [6, 6.07) is 0. The maximum absolute atomic E-state index is 11.5. The van der Waals surface area contributed by atoms with Gasteiger partial charge in [-0.15, -0.1) is 0 Å². The second-order valence-corrected chi connectivity index (χ2v) is 4.17. The molecule has 0 spiro atoms. The summed E-state index contributed by atoms with van der Waals surface area (Å²) >= 11 is 0. The Morgan fingerprint density at radius 2 is 2.29 bits per heavy atom. The van der Waals surface area contributed by atoms with Crippen molar-refractivity contribution in [2.24, 2.45) is 11.8 Å². The molecule has 0 bridgehead atoms. The molecule has 0 aliphatic carbocycles. The fourth-order valence-electron chi connectivity index (χ4n) is 2.36. The van der Waals surface area contributed by atoms with E-state index in [2.05, 4.69) is 4.74 Å². The second kappa shape index (κ2) is 4.37. The van der Waals surface area contributed by atoms with E-state index in [1.807, 2.05) is 0 Å². The Hall–Kier alpha value is -1.56. The zero-order chi connectivity index (χ0) is 12.6. The summed E-state index contributed by atoms with van der Waals surface area (Å²) in [5.74, 6) is -1.79. The molecule has 94 valence electrons. The minimum Gasteiger partial charge on any atom is -0.472 e. The molecule has 6 nitrogen and oxygen atoms in total. The van der Waals surface area contributed by atoms with Crippen LogP contribution in [0.25, 0.3) is 0 Å². The van der Waals surface area contributed by atoms with E-state index in [9.17, 15) is 14.7 Å². The van der Waals surface area contributed by atoms with Gasteiger partial charge in [0, 0.05) is 5.92 Å². The molecule has 0 saturated carbocycles. The van der Waals surface area contributed by atoms with E-state index < -0.39 is 30.2 Å². The molecule has 0 amide bonds. The zero-order valence-electron chi connectivity index (χ0n) is 9.58. The van der Waals surface area contributed by atoms with Crippen LogP contribution in [0.4, 0.5) is 0 Å². The summed E-state index contributed by atoms with van der Waals surface area (Å²) in [5, 5.41) is 9.72. The molecule has 2 heterocycles. The van der Waals surface area contributed by atoms with Crippen LogP contribution < -0.4 is 0 Å². The SMILES string of the molecule is COC(=O)C1=COC(O)C2C(C)OC(=O)CC12. The van der Waals surface area contributed by atoms with Gasteiger partial charge < -0.3 is 19.3 Å². The number of aliphatic hydroxyl groups excluding tert-OH is 1. The Bertz CT molecular complexity index is 374. The van der Waals surface area contributed by atoms with Gasteiger partial charge in [-0.3, -0.25) is 4.79 Å². The van der Waals surface area contributed by atoms with Crippen LogP contribution in [-0.4, -0.2) is 36.5 Å². The number of esters is 2. The van der Waals surface area contributed by atoms with Crippen molar-refractivity contribution in [3.8, 4) is 0 Å². The number of ether oxygens (including phenoxy) is 3. The van der Waals surface area contributed by atoms with Crippen LogP contribution in [0.2, 0.25) is 0 Å². The number of hydrogen-bond acceptors (Lipinski definition) is 6. The smallest absolute Gasteiger partial charge is 0.337 e. The summed E-state index contributed by atoms with van der Waals surface area (Å²) in [4.78, 5) is 22.9. The lowest BCUT2D eigenvalue weighted by atomic mass is 9.77. The second-order valence-electron chi connectivity index (χ2n) is 4.17. The van der Waals surface area contributed by atoms with E-state index in [1.165, 1.54) is 13.4 Å². The van der Waals surface area contributed by atoms with Gasteiger partial charge in [-0.05, 0) is 6.92 Å². The van der Waals surface area contributed by atoms with E-state index in [4.69, 9.17) is 9.47 Å². The van der Waals surface area contributed by atoms with Crippen molar-refractivity contribution in [1.82, 2.24) is 0 Å². The van der Waals surface area contributed by atoms with Gasteiger partial charge in [-0.25, -0.2) is 4.79 Å². The number of carbonyl (C=O) groups is 2. The van der Waals surface area contributed by atoms with Gasteiger partial charge in [0.1, 0.15) is 6.10 Å². The molecule has 2 aliphatic heterocycles. The van der Waals surface area contributed by atoms with Crippen molar-refractivity contribution in [3.63, 3.8) is 0 Å². The third kappa shape index (κ3) is 2.00. The zero-order valence-corrected chi connectivity index (χ0v) is 9.58. The highest BCUT2D eigenvalue weighted by Gasteiger charge is 2.47. The predicted molar refractivity (Wildman–Crippen MR) is 54.3 cm³/mol. The summed E-state index contributed by atoms with van der Waals surface area (Å²) in [7, 11) is 1.26. The van der Waals surface area contributed by atoms with Crippen molar-refractivity contribution in [2.45, 2.75) is 25.7 Å². The number of rotatable bonds is 1. The highest BCUT2D eigenvalue weighted by Crippen LogP contribution is 2.39. The molecular weight excluding hydrogens is 228 g/mol. The third-order valence-corrected chi connectivity index (χ3v) is 3.19. The number of fused-ring (bicyclic) bond motifs is 1. The van der Waals surface area contributed by atoms with Crippen molar-refractivity contribution >= 4 is 11.9 Å². The molecule has 6 heteroatoms. The number of carbonyl (C=O) groups excluding carboxylic acids is 2.